The molecular weight excluding hydrogens is 460 g/mol. The van der Waals surface area contributed by atoms with E-state index in [1.807, 2.05) is 0 Å². The van der Waals surface area contributed by atoms with E-state index in [0.717, 1.165) is 25.7 Å². The van der Waals surface area contributed by atoms with Gasteiger partial charge in [-0.3, -0.25) is 19.2 Å². The molecule has 200 valence electrons. The van der Waals surface area contributed by atoms with Crippen molar-refractivity contribution in [2.75, 3.05) is 7.11 Å². The summed E-state index contributed by atoms with van der Waals surface area (Å²) in [4.78, 5) is 49.6. The number of hydrogen-bond donors (Lipinski definition) is 0. The second-order valence-corrected chi connectivity index (χ2v) is 12.2. The fraction of sp³-hybridized carbons (Fsp3) is 0.793. The molecule has 4 rings (SSSR count). The third-order valence-corrected chi connectivity index (χ3v) is 10.4. The third-order valence-electron chi connectivity index (χ3n) is 10.4. The molecule has 4 aliphatic rings. The zero-order chi connectivity index (χ0) is 26.4. The number of allylic oxidation sites excluding steroid dienone is 2. The Labute approximate surface area is 214 Å². The minimum absolute atomic E-state index is 0.0148. The first-order chi connectivity index (χ1) is 16.9. The summed E-state index contributed by atoms with van der Waals surface area (Å²) in [5, 5.41) is 0. The van der Waals surface area contributed by atoms with Crippen LogP contribution in [-0.2, 0) is 33.4 Å². The molecule has 0 aromatic heterocycles. The Bertz CT molecular complexity index is 953. The molecule has 3 fully saturated rings. The average molecular weight is 503 g/mol. The van der Waals surface area contributed by atoms with Crippen LogP contribution in [-0.4, -0.2) is 36.9 Å². The summed E-state index contributed by atoms with van der Waals surface area (Å²) in [5.41, 5.74) is -0.620. The first-order valence-corrected chi connectivity index (χ1v) is 13.6. The number of carbonyl (C=O) groups is 4. The minimum Gasteiger partial charge on any atom is -0.469 e. The molecule has 36 heavy (non-hydrogen) atoms. The monoisotopic (exact) mass is 502 g/mol. The largest absolute Gasteiger partial charge is 0.469 e. The van der Waals surface area contributed by atoms with E-state index in [9.17, 15) is 19.2 Å². The topological polar surface area (TPSA) is 96.0 Å². The molecule has 0 aromatic carbocycles. The van der Waals surface area contributed by atoms with Crippen molar-refractivity contribution in [3.05, 3.63) is 11.8 Å². The Morgan fingerprint density at radius 3 is 2.44 bits per heavy atom. The molecule has 0 spiro atoms. The number of fused-ring (bicyclic) bond motifs is 5. The van der Waals surface area contributed by atoms with E-state index >= 15 is 0 Å². The predicted molar refractivity (Wildman–Crippen MR) is 132 cm³/mol. The smallest absolute Gasteiger partial charge is 0.307 e. The van der Waals surface area contributed by atoms with Crippen molar-refractivity contribution in [1.29, 1.82) is 0 Å². The summed E-state index contributed by atoms with van der Waals surface area (Å²) in [6, 6.07) is 0. The molecule has 0 bridgehead atoms. The molecule has 0 radical (unpaired) electrons. The number of esters is 3. The van der Waals surface area contributed by atoms with Crippen LogP contribution in [0.1, 0.15) is 86.0 Å². The Balaban J connectivity index is 1.67. The van der Waals surface area contributed by atoms with E-state index in [2.05, 4.69) is 26.8 Å². The van der Waals surface area contributed by atoms with Gasteiger partial charge >= 0.3 is 17.9 Å². The van der Waals surface area contributed by atoms with E-state index in [4.69, 9.17) is 14.2 Å². The van der Waals surface area contributed by atoms with Crippen LogP contribution in [0.3, 0.4) is 0 Å². The van der Waals surface area contributed by atoms with Crippen LogP contribution in [0.25, 0.3) is 0 Å². The Hall–Kier alpha value is -2.18. The van der Waals surface area contributed by atoms with Gasteiger partial charge in [0.1, 0.15) is 17.6 Å². The van der Waals surface area contributed by atoms with Gasteiger partial charge in [-0.15, -0.1) is 0 Å². The van der Waals surface area contributed by atoms with Crippen molar-refractivity contribution in [1.82, 2.24) is 0 Å². The summed E-state index contributed by atoms with van der Waals surface area (Å²) in [6.07, 6.45) is 7.70. The van der Waals surface area contributed by atoms with Crippen molar-refractivity contribution in [3.8, 4) is 0 Å². The van der Waals surface area contributed by atoms with Crippen LogP contribution in [0.5, 0.6) is 0 Å². The number of hydrogen-bond acceptors (Lipinski definition) is 7. The van der Waals surface area contributed by atoms with Gasteiger partial charge in [0.2, 0.25) is 0 Å². The highest BCUT2D eigenvalue weighted by atomic mass is 16.5. The van der Waals surface area contributed by atoms with Gasteiger partial charge in [-0.05, 0) is 79.6 Å². The van der Waals surface area contributed by atoms with Crippen LogP contribution in [0.4, 0.5) is 0 Å². The summed E-state index contributed by atoms with van der Waals surface area (Å²) in [5.74, 6) is 0.888. The highest BCUT2D eigenvalue weighted by Gasteiger charge is 2.65. The zero-order valence-electron chi connectivity index (χ0n) is 22.6. The molecule has 0 aliphatic heterocycles. The van der Waals surface area contributed by atoms with Crippen LogP contribution in [0.15, 0.2) is 11.8 Å². The van der Waals surface area contributed by atoms with Gasteiger partial charge in [-0.1, -0.05) is 20.8 Å². The Morgan fingerprint density at radius 2 is 1.81 bits per heavy atom. The molecule has 7 heteroatoms. The van der Waals surface area contributed by atoms with Gasteiger partial charge < -0.3 is 14.2 Å². The number of Topliss-reactive ketones (excluding diaryl/α,β-unsaturated/α-hetero) is 1. The van der Waals surface area contributed by atoms with Crippen molar-refractivity contribution < 1.29 is 33.4 Å². The van der Waals surface area contributed by atoms with Gasteiger partial charge in [0.15, 0.2) is 0 Å². The van der Waals surface area contributed by atoms with Crippen molar-refractivity contribution in [2.24, 2.45) is 46.3 Å². The summed E-state index contributed by atoms with van der Waals surface area (Å²) in [6.45, 7) is 9.43. The number of rotatable bonds is 6. The normalized spacial score (nSPS) is 40.2. The number of ketones is 1. The van der Waals surface area contributed by atoms with Gasteiger partial charge in [0.25, 0.3) is 0 Å². The molecule has 0 N–H and O–H groups in total. The lowest BCUT2D eigenvalue weighted by atomic mass is 9.45. The Morgan fingerprint density at radius 1 is 1.08 bits per heavy atom. The standard InChI is InChI=1S/C29H42O7/c1-16(7-10-26(33)34-6)21-8-9-22-27-23(15-25(32)29(21,22)5)28(4)12-11-20(35-17(2)30)13-19(28)14-24(27)36-18(3)31/h14,16,19-23,27H,7-13,15H2,1-6H3/t16-,19+,20-,21-,22+,23+,27+,28+,29-/m1/s1. The zero-order valence-corrected chi connectivity index (χ0v) is 22.6. The molecule has 4 aliphatic carbocycles. The molecule has 0 aromatic rings. The van der Waals surface area contributed by atoms with E-state index in [1.54, 1.807) is 0 Å². The molecule has 9 atom stereocenters. The minimum atomic E-state index is -0.506. The molecule has 0 unspecified atom stereocenters. The molecular formula is C29H42O7. The van der Waals surface area contributed by atoms with Crippen LogP contribution < -0.4 is 0 Å². The van der Waals surface area contributed by atoms with Crippen molar-refractivity contribution in [3.63, 3.8) is 0 Å². The maximum absolute atomic E-state index is 14.0. The van der Waals surface area contributed by atoms with Crippen molar-refractivity contribution >= 4 is 23.7 Å². The maximum atomic E-state index is 14.0. The molecule has 0 heterocycles. The predicted octanol–water partition coefficient (Wildman–Crippen LogP) is 5.01. The summed E-state index contributed by atoms with van der Waals surface area (Å²) in [7, 11) is 1.41. The molecule has 0 amide bonds. The number of methoxy groups -OCH3 is 1. The van der Waals surface area contributed by atoms with Gasteiger partial charge in [0, 0.05) is 38.0 Å². The van der Waals surface area contributed by atoms with Gasteiger partial charge in [0.05, 0.1) is 7.11 Å². The molecule has 0 saturated heterocycles. The lowest BCUT2D eigenvalue weighted by Crippen LogP contribution is -2.57. The van der Waals surface area contributed by atoms with Crippen LogP contribution >= 0.6 is 0 Å². The van der Waals surface area contributed by atoms with Gasteiger partial charge in [-0.2, -0.15) is 0 Å². The fourth-order valence-electron chi connectivity index (χ4n) is 8.56. The van der Waals surface area contributed by atoms with Gasteiger partial charge in [-0.25, -0.2) is 0 Å². The Kier molecular flexibility index (Phi) is 7.42. The highest BCUT2D eigenvalue weighted by molar-refractivity contribution is 5.87. The van der Waals surface area contributed by atoms with E-state index in [0.29, 0.717) is 37.2 Å². The summed E-state index contributed by atoms with van der Waals surface area (Å²) >= 11 is 0. The fourth-order valence-corrected chi connectivity index (χ4v) is 8.56. The SMILES string of the molecule is COC(=O)CC[C@@H](C)[C@H]1CC[C@H]2[C@@H]3C(OC(C)=O)=C[C@@H]4C[C@H](OC(C)=O)CC[C@]4(C)[C@H]3CC(=O)[C@]12C. The number of carbonyl (C=O) groups excluding carboxylic acids is 4. The first kappa shape index (κ1) is 26.9. The first-order valence-electron chi connectivity index (χ1n) is 13.6. The molecule has 7 nitrogen and oxygen atoms in total. The third kappa shape index (κ3) is 4.51. The van der Waals surface area contributed by atoms with Crippen LogP contribution in [0, 0.1) is 46.3 Å². The number of ether oxygens (including phenoxy) is 3. The second-order valence-electron chi connectivity index (χ2n) is 12.2. The van der Waals surface area contributed by atoms with E-state index in [-0.39, 0.29) is 64.9 Å². The summed E-state index contributed by atoms with van der Waals surface area (Å²) < 4.78 is 16.3. The van der Waals surface area contributed by atoms with Crippen LogP contribution in [0.2, 0.25) is 0 Å². The maximum Gasteiger partial charge on any atom is 0.307 e. The lowest BCUT2D eigenvalue weighted by molar-refractivity contribution is -0.160. The quantitative estimate of drug-likeness (QED) is 0.372. The average Bonchev–Trinajstić information content (AvgIpc) is 3.16. The van der Waals surface area contributed by atoms with Crippen molar-refractivity contribution in [2.45, 2.75) is 92.1 Å². The second kappa shape index (κ2) is 9.94. The van der Waals surface area contributed by atoms with E-state index < -0.39 is 5.41 Å². The molecule has 3 saturated carbocycles. The highest BCUT2D eigenvalue weighted by Crippen LogP contribution is 2.67. The van der Waals surface area contributed by atoms with E-state index in [1.165, 1.54) is 21.0 Å². The lowest BCUT2D eigenvalue weighted by Gasteiger charge is -2.59.